The summed E-state index contributed by atoms with van der Waals surface area (Å²) in [5.74, 6) is -0.621. The van der Waals surface area contributed by atoms with E-state index in [0.29, 0.717) is 16.9 Å². The standard InChI is InChI=1S/C13H17N3O4S/c1-8(2)12-15-11-9(13(17)18)4-3-5-10(11)16(12)6-7-21(14,19)20/h3-5,8H,6-7H2,1-2H3,(H,17,18)(H2,14,19,20). The summed E-state index contributed by atoms with van der Waals surface area (Å²) < 4.78 is 24.1. The molecule has 0 aliphatic heterocycles. The van der Waals surface area contributed by atoms with Gasteiger partial charge in [0.25, 0.3) is 0 Å². The van der Waals surface area contributed by atoms with Gasteiger partial charge in [-0.05, 0) is 12.1 Å². The van der Waals surface area contributed by atoms with Crippen LogP contribution in [0.2, 0.25) is 0 Å². The molecule has 1 heterocycles. The molecule has 3 N–H and O–H groups in total. The van der Waals surface area contributed by atoms with Crippen LogP contribution in [0.3, 0.4) is 0 Å². The molecule has 8 heteroatoms. The summed E-state index contributed by atoms with van der Waals surface area (Å²) in [6.45, 7) is 3.97. The molecule has 0 unspecified atom stereocenters. The number of primary sulfonamides is 1. The fraction of sp³-hybridized carbons (Fsp3) is 0.385. The van der Waals surface area contributed by atoms with Crippen LogP contribution in [0.25, 0.3) is 11.0 Å². The van der Waals surface area contributed by atoms with Crippen LogP contribution >= 0.6 is 0 Å². The van der Waals surface area contributed by atoms with Crippen molar-refractivity contribution in [1.82, 2.24) is 9.55 Å². The van der Waals surface area contributed by atoms with Crippen molar-refractivity contribution in [3.05, 3.63) is 29.6 Å². The molecule has 0 saturated heterocycles. The predicted molar refractivity (Wildman–Crippen MR) is 78.8 cm³/mol. The number of aromatic nitrogens is 2. The second kappa shape index (κ2) is 5.45. The normalized spacial score (nSPS) is 12.2. The molecule has 0 bridgehead atoms. The molecule has 0 atom stereocenters. The van der Waals surface area contributed by atoms with Crippen molar-refractivity contribution in [2.24, 2.45) is 5.14 Å². The van der Waals surface area contributed by atoms with Gasteiger partial charge in [-0.15, -0.1) is 0 Å². The summed E-state index contributed by atoms with van der Waals surface area (Å²) in [5.41, 5.74) is 1.06. The number of imidazole rings is 1. The van der Waals surface area contributed by atoms with Crippen molar-refractivity contribution in [2.45, 2.75) is 26.3 Å². The number of hydrogen-bond acceptors (Lipinski definition) is 4. The summed E-state index contributed by atoms with van der Waals surface area (Å²) in [6.07, 6.45) is 0. The molecule has 0 spiro atoms. The van der Waals surface area contributed by atoms with Crippen molar-refractivity contribution in [2.75, 3.05) is 5.75 Å². The SMILES string of the molecule is CC(C)c1nc2c(C(=O)O)cccc2n1CCS(N)(=O)=O. The molecular formula is C13H17N3O4S. The molecule has 2 aromatic rings. The topological polar surface area (TPSA) is 115 Å². The number of benzene rings is 1. The molecule has 0 radical (unpaired) electrons. The minimum Gasteiger partial charge on any atom is -0.478 e. The molecule has 7 nitrogen and oxygen atoms in total. The highest BCUT2D eigenvalue weighted by atomic mass is 32.2. The number of aryl methyl sites for hydroxylation is 1. The van der Waals surface area contributed by atoms with Gasteiger partial charge in [-0.1, -0.05) is 19.9 Å². The van der Waals surface area contributed by atoms with Crippen LogP contribution in [0.1, 0.15) is 35.9 Å². The molecule has 2 rings (SSSR count). The second-order valence-corrected chi connectivity index (χ2v) is 6.86. The van der Waals surface area contributed by atoms with Gasteiger partial charge in [-0.2, -0.15) is 0 Å². The van der Waals surface area contributed by atoms with Crippen molar-refractivity contribution < 1.29 is 18.3 Å². The number of carboxylic acid groups (broad SMARTS) is 1. The number of fused-ring (bicyclic) bond motifs is 1. The number of hydrogen-bond donors (Lipinski definition) is 2. The first kappa shape index (κ1) is 15.5. The van der Waals surface area contributed by atoms with Crippen molar-refractivity contribution in [3.8, 4) is 0 Å². The quantitative estimate of drug-likeness (QED) is 0.859. The third-order valence-electron chi connectivity index (χ3n) is 3.15. The Kier molecular flexibility index (Phi) is 4.02. The molecule has 0 aliphatic rings. The van der Waals surface area contributed by atoms with Gasteiger partial charge in [0.15, 0.2) is 0 Å². The Labute approximate surface area is 122 Å². The Balaban J connectivity index is 2.63. The van der Waals surface area contributed by atoms with Crippen molar-refractivity contribution >= 4 is 27.0 Å². The average Bonchev–Trinajstić information content (AvgIpc) is 2.73. The second-order valence-electron chi connectivity index (χ2n) is 5.12. The van der Waals surface area contributed by atoms with E-state index in [1.807, 2.05) is 13.8 Å². The van der Waals surface area contributed by atoms with Gasteiger partial charge < -0.3 is 9.67 Å². The highest BCUT2D eigenvalue weighted by Crippen LogP contribution is 2.24. The van der Waals surface area contributed by atoms with E-state index in [1.165, 1.54) is 6.07 Å². The molecule has 0 saturated carbocycles. The third kappa shape index (κ3) is 3.22. The number of nitrogens with zero attached hydrogens (tertiary/aromatic N) is 2. The number of rotatable bonds is 5. The van der Waals surface area contributed by atoms with Gasteiger partial charge >= 0.3 is 5.97 Å². The van der Waals surface area contributed by atoms with E-state index in [-0.39, 0.29) is 23.8 Å². The van der Waals surface area contributed by atoms with Crippen LogP contribution in [0.5, 0.6) is 0 Å². The zero-order chi connectivity index (χ0) is 15.8. The number of aromatic carboxylic acids is 1. The van der Waals surface area contributed by atoms with Crippen LogP contribution in [0.15, 0.2) is 18.2 Å². The lowest BCUT2D eigenvalue weighted by molar-refractivity contribution is 0.0699. The van der Waals surface area contributed by atoms with Gasteiger partial charge in [-0.25, -0.2) is 23.3 Å². The Morgan fingerprint density at radius 2 is 2.10 bits per heavy atom. The number of para-hydroxylation sites is 1. The fourth-order valence-corrected chi connectivity index (χ4v) is 2.67. The molecule has 1 aromatic heterocycles. The van der Waals surface area contributed by atoms with Crippen LogP contribution in [0.4, 0.5) is 0 Å². The molecule has 114 valence electrons. The Hall–Kier alpha value is -1.93. The molecule has 0 amide bonds. The number of sulfonamides is 1. The van der Waals surface area contributed by atoms with Crippen LogP contribution < -0.4 is 5.14 Å². The summed E-state index contributed by atoms with van der Waals surface area (Å²) in [5, 5.41) is 14.3. The highest BCUT2D eigenvalue weighted by molar-refractivity contribution is 7.89. The Morgan fingerprint density at radius 1 is 1.43 bits per heavy atom. The predicted octanol–water partition coefficient (Wildman–Crippen LogP) is 1.15. The molecule has 0 aliphatic carbocycles. The Bertz CT molecular complexity index is 793. The average molecular weight is 311 g/mol. The maximum absolute atomic E-state index is 11.3. The number of carbonyl (C=O) groups is 1. The molecule has 21 heavy (non-hydrogen) atoms. The van der Waals surface area contributed by atoms with Crippen LogP contribution in [0, 0.1) is 0 Å². The zero-order valence-corrected chi connectivity index (χ0v) is 12.6. The molecule has 0 fully saturated rings. The van der Waals surface area contributed by atoms with Crippen LogP contribution in [-0.4, -0.2) is 34.8 Å². The maximum Gasteiger partial charge on any atom is 0.337 e. The molecular weight excluding hydrogens is 294 g/mol. The van der Waals surface area contributed by atoms with E-state index in [2.05, 4.69) is 4.98 Å². The number of nitrogens with two attached hydrogens (primary N) is 1. The zero-order valence-electron chi connectivity index (χ0n) is 11.8. The first-order chi connectivity index (χ1) is 9.70. The third-order valence-corrected chi connectivity index (χ3v) is 3.91. The monoisotopic (exact) mass is 311 g/mol. The lowest BCUT2D eigenvalue weighted by Gasteiger charge is -2.10. The van der Waals surface area contributed by atoms with Gasteiger partial charge in [0.1, 0.15) is 11.3 Å². The van der Waals surface area contributed by atoms with E-state index >= 15 is 0 Å². The van der Waals surface area contributed by atoms with E-state index in [9.17, 15) is 18.3 Å². The van der Waals surface area contributed by atoms with Crippen molar-refractivity contribution in [3.63, 3.8) is 0 Å². The summed E-state index contributed by atoms with van der Waals surface area (Å²) in [7, 11) is -3.60. The van der Waals surface area contributed by atoms with Gasteiger partial charge in [-0.3, -0.25) is 0 Å². The maximum atomic E-state index is 11.3. The van der Waals surface area contributed by atoms with Crippen LogP contribution in [-0.2, 0) is 16.6 Å². The molecule has 1 aromatic carbocycles. The first-order valence-electron chi connectivity index (χ1n) is 6.43. The van der Waals surface area contributed by atoms with Crippen molar-refractivity contribution in [1.29, 1.82) is 0 Å². The minimum absolute atomic E-state index is 0.0273. The first-order valence-corrected chi connectivity index (χ1v) is 8.15. The van der Waals surface area contributed by atoms with Gasteiger partial charge in [0.05, 0.1) is 16.8 Å². The highest BCUT2D eigenvalue weighted by Gasteiger charge is 2.19. The van der Waals surface area contributed by atoms with E-state index < -0.39 is 16.0 Å². The lowest BCUT2D eigenvalue weighted by atomic mass is 10.2. The largest absolute Gasteiger partial charge is 0.478 e. The van der Waals surface area contributed by atoms with Gasteiger partial charge in [0, 0.05) is 12.5 Å². The number of carboxylic acids is 1. The summed E-state index contributed by atoms with van der Waals surface area (Å²) in [6, 6.07) is 4.82. The fourth-order valence-electron chi connectivity index (χ4n) is 2.23. The lowest BCUT2D eigenvalue weighted by Crippen LogP contribution is -2.21. The minimum atomic E-state index is -3.60. The Morgan fingerprint density at radius 3 is 2.62 bits per heavy atom. The van der Waals surface area contributed by atoms with E-state index in [4.69, 9.17) is 5.14 Å². The summed E-state index contributed by atoms with van der Waals surface area (Å²) >= 11 is 0. The van der Waals surface area contributed by atoms with Gasteiger partial charge in [0.2, 0.25) is 10.0 Å². The van der Waals surface area contributed by atoms with E-state index in [1.54, 1.807) is 16.7 Å². The smallest absolute Gasteiger partial charge is 0.337 e. The summed E-state index contributed by atoms with van der Waals surface area (Å²) in [4.78, 5) is 15.6. The van der Waals surface area contributed by atoms with E-state index in [0.717, 1.165) is 0 Å².